The van der Waals surface area contributed by atoms with Crippen LogP contribution >= 0.6 is 0 Å². The van der Waals surface area contributed by atoms with Crippen LogP contribution in [-0.4, -0.2) is 29.9 Å². The first kappa shape index (κ1) is 16.8. The third kappa shape index (κ3) is 5.39. The van der Waals surface area contributed by atoms with Crippen molar-refractivity contribution in [3.05, 3.63) is 23.8 Å². The standard InChI is InChI=1S/C16H28N2O2/c1-5-8-20-15-7-6-13(10-14(15)17)9-12(2)18-16(3,4)11-19/h6-7,10,12,18-19H,5,8-9,11,17H2,1-4H3. The van der Waals surface area contributed by atoms with Crippen molar-refractivity contribution in [3.63, 3.8) is 0 Å². The van der Waals surface area contributed by atoms with Crippen molar-refractivity contribution in [1.29, 1.82) is 0 Å². The van der Waals surface area contributed by atoms with Crippen LogP contribution in [0.15, 0.2) is 18.2 Å². The van der Waals surface area contributed by atoms with Crippen molar-refractivity contribution in [2.24, 2.45) is 0 Å². The van der Waals surface area contributed by atoms with E-state index in [0.717, 1.165) is 18.6 Å². The summed E-state index contributed by atoms with van der Waals surface area (Å²) in [5.41, 5.74) is 7.59. The van der Waals surface area contributed by atoms with Gasteiger partial charge in [0.25, 0.3) is 0 Å². The minimum absolute atomic E-state index is 0.114. The summed E-state index contributed by atoms with van der Waals surface area (Å²) >= 11 is 0. The number of nitrogens with two attached hydrogens (primary N) is 1. The Balaban J connectivity index is 2.62. The minimum atomic E-state index is -0.269. The zero-order valence-corrected chi connectivity index (χ0v) is 13.1. The largest absolute Gasteiger partial charge is 0.491 e. The normalized spacial score (nSPS) is 13.2. The molecule has 1 rings (SSSR count). The van der Waals surface area contributed by atoms with Crippen molar-refractivity contribution in [2.45, 2.75) is 52.1 Å². The Hall–Kier alpha value is -1.26. The Labute approximate surface area is 122 Å². The van der Waals surface area contributed by atoms with Crippen molar-refractivity contribution < 1.29 is 9.84 Å². The molecule has 0 saturated carbocycles. The Bertz CT molecular complexity index is 419. The van der Waals surface area contributed by atoms with E-state index in [1.807, 2.05) is 32.0 Å². The highest BCUT2D eigenvalue weighted by Crippen LogP contribution is 2.23. The van der Waals surface area contributed by atoms with E-state index in [9.17, 15) is 5.11 Å². The number of benzene rings is 1. The molecule has 4 nitrogen and oxygen atoms in total. The highest BCUT2D eigenvalue weighted by atomic mass is 16.5. The van der Waals surface area contributed by atoms with Crippen LogP contribution in [0.2, 0.25) is 0 Å². The highest BCUT2D eigenvalue weighted by Gasteiger charge is 2.18. The summed E-state index contributed by atoms with van der Waals surface area (Å²) in [6, 6.07) is 6.21. The lowest BCUT2D eigenvalue weighted by Crippen LogP contribution is -2.48. The molecular formula is C16H28N2O2. The summed E-state index contributed by atoms with van der Waals surface area (Å²) in [5, 5.41) is 12.7. The molecule has 0 aliphatic carbocycles. The van der Waals surface area contributed by atoms with Gasteiger partial charge in [-0.2, -0.15) is 0 Å². The van der Waals surface area contributed by atoms with E-state index in [2.05, 4.69) is 19.2 Å². The van der Waals surface area contributed by atoms with Crippen molar-refractivity contribution in [2.75, 3.05) is 18.9 Å². The van der Waals surface area contributed by atoms with Gasteiger partial charge < -0.3 is 20.9 Å². The van der Waals surface area contributed by atoms with E-state index in [4.69, 9.17) is 10.5 Å². The molecule has 0 saturated heterocycles. The average Bonchev–Trinajstić information content (AvgIpc) is 2.37. The molecule has 0 amide bonds. The molecule has 0 heterocycles. The third-order valence-electron chi connectivity index (χ3n) is 3.11. The van der Waals surface area contributed by atoms with Crippen LogP contribution in [0.4, 0.5) is 5.69 Å². The molecule has 0 aromatic heterocycles. The minimum Gasteiger partial charge on any atom is -0.491 e. The summed E-state index contributed by atoms with van der Waals surface area (Å²) in [6.07, 6.45) is 1.83. The van der Waals surface area contributed by atoms with Crippen LogP contribution < -0.4 is 15.8 Å². The molecule has 1 aromatic carbocycles. The molecule has 0 aliphatic heterocycles. The van der Waals surface area contributed by atoms with Gasteiger partial charge in [0.05, 0.1) is 18.9 Å². The summed E-state index contributed by atoms with van der Waals surface area (Å²) in [5.74, 6) is 0.756. The number of nitrogen functional groups attached to an aromatic ring is 1. The van der Waals surface area contributed by atoms with E-state index in [0.29, 0.717) is 12.3 Å². The van der Waals surface area contributed by atoms with E-state index in [1.54, 1.807) is 0 Å². The maximum Gasteiger partial charge on any atom is 0.142 e. The topological polar surface area (TPSA) is 67.5 Å². The van der Waals surface area contributed by atoms with Gasteiger partial charge >= 0.3 is 0 Å². The van der Waals surface area contributed by atoms with Gasteiger partial charge in [-0.1, -0.05) is 13.0 Å². The Kier molecular flexibility index (Phi) is 6.30. The Morgan fingerprint density at radius 1 is 1.40 bits per heavy atom. The molecule has 0 bridgehead atoms. The summed E-state index contributed by atoms with van der Waals surface area (Å²) in [7, 11) is 0. The van der Waals surface area contributed by atoms with Gasteiger partial charge in [0.15, 0.2) is 0 Å². The molecule has 1 unspecified atom stereocenters. The molecule has 114 valence electrons. The lowest BCUT2D eigenvalue weighted by atomic mass is 10.0. The molecule has 4 heteroatoms. The average molecular weight is 280 g/mol. The van der Waals surface area contributed by atoms with E-state index < -0.39 is 0 Å². The fourth-order valence-corrected chi connectivity index (χ4v) is 2.19. The molecule has 0 fully saturated rings. The van der Waals surface area contributed by atoms with Gasteiger partial charge in [0.1, 0.15) is 5.75 Å². The Morgan fingerprint density at radius 3 is 2.65 bits per heavy atom. The van der Waals surface area contributed by atoms with Crippen LogP contribution in [0.1, 0.15) is 39.7 Å². The van der Waals surface area contributed by atoms with Crippen LogP contribution in [0, 0.1) is 0 Å². The zero-order valence-electron chi connectivity index (χ0n) is 13.1. The smallest absolute Gasteiger partial charge is 0.142 e. The predicted octanol–water partition coefficient (Wildman–Crippen LogP) is 2.35. The lowest BCUT2D eigenvalue weighted by Gasteiger charge is -2.28. The monoisotopic (exact) mass is 280 g/mol. The number of nitrogens with one attached hydrogen (secondary N) is 1. The Morgan fingerprint density at radius 2 is 2.10 bits per heavy atom. The van der Waals surface area contributed by atoms with E-state index in [1.165, 1.54) is 5.56 Å². The van der Waals surface area contributed by atoms with Crippen molar-refractivity contribution in [1.82, 2.24) is 5.32 Å². The number of rotatable bonds is 8. The molecule has 0 aliphatic rings. The lowest BCUT2D eigenvalue weighted by molar-refractivity contribution is 0.177. The van der Waals surface area contributed by atoms with Crippen molar-refractivity contribution >= 4 is 5.69 Å². The number of hydrogen-bond donors (Lipinski definition) is 3. The fraction of sp³-hybridized carbons (Fsp3) is 0.625. The number of aliphatic hydroxyl groups excluding tert-OH is 1. The fourth-order valence-electron chi connectivity index (χ4n) is 2.19. The second kappa shape index (κ2) is 7.50. The molecule has 1 aromatic rings. The van der Waals surface area contributed by atoms with Crippen LogP contribution in [-0.2, 0) is 6.42 Å². The molecular weight excluding hydrogens is 252 g/mol. The van der Waals surface area contributed by atoms with Gasteiger partial charge in [0.2, 0.25) is 0 Å². The summed E-state index contributed by atoms with van der Waals surface area (Å²) < 4.78 is 5.57. The second-order valence-corrected chi connectivity index (χ2v) is 6.01. The van der Waals surface area contributed by atoms with Crippen LogP contribution in [0.3, 0.4) is 0 Å². The zero-order chi connectivity index (χ0) is 15.2. The van der Waals surface area contributed by atoms with Crippen LogP contribution in [0.25, 0.3) is 0 Å². The van der Waals surface area contributed by atoms with Gasteiger partial charge in [-0.3, -0.25) is 0 Å². The molecule has 20 heavy (non-hydrogen) atoms. The maximum absolute atomic E-state index is 9.27. The summed E-state index contributed by atoms with van der Waals surface area (Å²) in [4.78, 5) is 0. The molecule has 4 N–H and O–H groups in total. The van der Waals surface area contributed by atoms with Gasteiger partial charge in [-0.25, -0.2) is 0 Å². The quantitative estimate of drug-likeness (QED) is 0.639. The molecule has 1 atom stereocenters. The van der Waals surface area contributed by atoms with E-state index >= 15 is 0 Å². The first-order chi connectivity index (χ1) is 9.38. The third-order valence-corrected chi connectivity index (χ3v) is 3.11. The maximum atomic E-state index is 9.27. The van der Waals surface area contributed by atoms with Gasteiger partial charge in [-0.15, -0.1) is 0 Å². The summed E-state index contributed by atoms with van der Waals surface area (Å²) in [6.45, 7) is 8.95. The first-order valence-electron chi connectivity index (χ1n) is 7.27. The van der Waals surface area contributed by atoms with Crippen LogP contribution in [0.5, 0.6) is 5.75 Å². The highest BCUT2D eigenvalue weighted by molar-refractivity contribution is 5.54. The van der Waals surface area contributed by atoms with Gasteiger partial charge in [0, 0.05) is 11.6 Å². The number of anilines is 1. The number of ether oxygens (including phenoxy) is 1. The van der Waals surface area contributed by atoms with E-state index in [-0.39, 0.29) is 18.2 Å². The molecule has 0 spiro atoms. The first-order valence-corrected chi connectivity index (χ1v) is 7.27. The van der Waals surface area contributed by atoms with Crippen molar-refractivity contribution in [3.8, 4) is 5.75 Å². The second-order valence-electron chi connectivity index (χ2n) is 6.01. The number of aliphatic hydroxyl groups is 1. The molecule has 0 radical (unpaired) electrons. The number of hydrogen-bond acceptors (Lipinski definition) is 4. The predicted molar refractivity (Wildman–Crippen MR) is 84.1 cm³/mol. The van der Waals surface area contributed by atoms with Gasteiger partial charge in [-0.05, 0) is 51.3 Å². The SMILES string of the molecule is CCCOc1ccc(CC(C)NC(C)(C)CO)cc1N.